The molecule has 0 bridgehead atoms. The summed E-state index contributed by atoms with van der Waals surface area (Å²) in [6.45, 7) is 6.84. The summed E-state index contributed by atoms with van der Waals surface area (Å²) >= 11 is 1.82. The molecule has 0 N–H and O–H groups in total. The second kappa shape index (κ2) is 18.5. The number of likely N-dealkylation sites (tertiary alicyclic amines) is 1. The van der Waals surface area contributed by atoms with E-state index in [0.717, 1.165) is 25.9 Å². The molecule has 1 heterocycles. The summed E-state index contributed by atoms with van der Waals surface area (Å²) in [7, 11) is 2.18. The highest BCUT2D eigenvalue weighted by molar-refractivity contribution is 8.00. The van der Waals surface area contributed by atoms with Crippen molar-refractivity contribution in [1.82, 2.24) is 4.90 Å². The Balaban J connectivity index is 2.24. The summed E-state index contributed by atoms with van der Waals surface area (Å²) in [6.07, 6.45) is 20.3. The van der Waals surface area contributed by atoms with Crippen LogP contribution in [0.15, 0.2) is 0 Å². The minimum absolute atomic E-state index is 0.0235. The number of carbonyl (C=O) groups is 1. The predicted molar refractivity (Wildman–Crippen MR) is 129 cm³/mol. The van der Waals surface area contributed by atoms with Crippen LogP contribution in [-0.2, 0) is 9.53 Å². The summed E-state index contributed by atoms with van der Waals surface area (Å²) in [5, 5.41) is 0.634. The maximum atomic E-state index is 12.4. The second-order valence-corrected chi connectivity index (χ2v) is 10.3. The molecule has 0 aliphatic carbocycles. The summed E-state index contributed by atoms with van der Waals surface area (Å²) in [6, 6.07) is 0. The minimum Gasteiger partial charge on any atom is -0.462 e. The van der Waals surface area contributed by atoms with Crippen LogP contribution in [0.3, 0.4) is 0 Å². The first kappa shape index (κ1) is 26.8. The Morgan fingerprint density at radius 1 is 0.862 bits per heavy atom. The van der Waals surface area contributed by atoms with E-state index < -0.39 is 0 Å². The first-order valence-electron chi connectivity index (χ1n) is 12.6. The van der Waals surface area contributed by atoms with Gasteiger partial charge in [-0.05, 0) is 58.7 Å². The highest BCUT2D eigenvalue weighted by atomic mass is 32.2. The molecular formula is C25H49NO2S. The zero-order valence-corrected chi connectivity index (χ0v) is 20.6. The molecule has 0 radical (unpaired) electrons. The predicted octanol–water partition coefficient (Wildman–Crippen LogP) is 7.23. The van der Waals surface area contributed by atoms with Crippen LogP contribution in [0.25, 0.3) is 0 Å². The summed E-state index contributed by atoms with van der Waals surface area (Å²) in [4.78, 5) is 14.8. The van der Waals surface area contributed by atoms with Gasteiger partial charge in [0.1, 0.15) is 6.10 Å². The van der Waals surface area contributed by atoms with Crippen LogP contribution in [0.1, 0.15) is 117 Å². The number of nitrogens with zero attached hydrogens (tertiary/aromatic N) is 1. The van der Waals surface area contributed by atoms with Crippen LogP contribution >= 0.6 is 11.8 Å². The number of esters is 1. The highest BCUT2D eigenvalue weighted by Gasteiger charge is 2.20. The molecule has 1 aliphatic rings. The molecule has 1 unspecified atom stereocenters. The van der Waals surface area contributed by atoms with E-state index in [9.17, 15) is 4.79 Å². The topological polar surface area (TPSA) is 29.5 Å². The lowest BCUT2D eigenvalue weighted by Crippen LogP contribution is -2.32. The van der Waals surface area contributed by atoms with Crippen molar-refractivity contribution in [3.05, 3.63) is 0 Å². The second-order valence-electron chi connectivity index (χ2n) is 9.04. The molecule has 0 spiro atoms. The Labute approximate surface area is 186 Å². The Kier molecular flexibility index (Phi) is 17.1. The van der Waals surface area contributed by atoms with Crippen molar-refractivity contribution in [1.29, 1.82) is 0 Å². The molecule has 0 amide bonds. The fraction of sp³-hybridized carbons (Fsp3) is 0.960. The number of rotatable bonds is 18. The van der Waals surface area contributed by atoms with Crippen LogP contribution in [-0.4, -0.2) is 48.1 Å². The lowest BCUT2D eigenvalue weighted by molar-refractivity contribution is -0.146. The Bertz CT molecular complexity index is 383. The molecule has 4 heteroatoms. The number of unbranched alkanes of at least 4 members (excludes halogenated alkanes) is 10. The van der Waals surface area contributed by atoms with E-state index in [2.05, 4.69) is 25.8 Å². The number of hydrogen-bond donors (Lipinski definition) is 0. The van der Waals surface area contributed by atoms with Crippen LogP contribution in [0, 0.1) is 0 Å². The summed E-state index contributed by atoms with van der Waals surface area (Å²) in [5.74, 6) is 0.563. The zero-order valence-electron chi connectivity index (χ0n) is 19.8. The van der Waals surface area contributed by atoms with Gasteiger partial charge in [0.15, 0.2) is 0 Å². The molecule has 1 aliphatic heterocycles. The average Bonchev–Trinajstić information content (AvgIpc) is 2.72. The maximum absolute atomic E-state index is 12.4. The smallest absolute Gasteiger partial charge is 0.316 e. The molecule has 0 saturated carbocycles. The van der Waals surface area contributed by atoms with Crippen LogP contribution in [0.5, 0.6) is 0 Å². The van der Waals surface area contributed by atoms with Gasteiger partial charge in [-0.3, -0.25) is 4.79 Å². The van der Waals surface area contributed by atoms with E-state index in [1.807, 2.05) is 11.8 Å². The molecule has 0 aromatic heterocycles. The SMILES string of the molecule is CCCCCCCCCC(CCCCCCC)OC(=O)CSC1CCN(C)CC1. The van der Waals surface area contributed by atoms with Crippen molar-refractivity contribution in [2.75, 3.05) is 25.9 Å². The number of carbonyl (C=O) groups excluding carboxylic acids is 1. The normalized spacial score (nSPS) is 16.8. The largest absolute Gasteiger partial charge is 0.462 e. The molecule has 1 atom stereocenters. The quantitative estimate of drug-likeness (QED) is 0.170. The summed E-state index contributed by atoms with van der Waals surface area (Å²) in [5.41, 5.74) is 0. The lowest BCUT2D eigenvalue weighted by atomic mass is 10.0. The molecule has 172 valence electrons. The molecule has 0 aromatic carbocycles. The van der Waals surface area contributed by atoms with Gasteiger partial charge in [-0.25, -0.2) is 0 Å². The molecule has 0 aromatic rings. The average molecular weight is 428 g/mol. The monoisotopic (exact) mass is 427 g/mol. The molecular weight excluding hydrogens is 378 g/mol. The van der Waals surface area contributed by atoms with Gasteiger partial charge in [0.05, 0.1) is 5.75 Å². The van der Waals surface area contributed by atoms with E-state index in [1.54, 1.807) is 0 Å². The number of hydrogen-bond acceptors (Lipinski definition) is 4. The fourth-order valence-electron chi connectivity index (χ4n) is 4.12. The van der Waals surface area contributed by atoms with Crippen LogP contribution in [0.4, 0.5) is 0 Å². The van der Waals surface area contributed by atoms with Gasteiger partial charge in [0.25, 0.3) is 0 Å². The van der Waals surface area contributed by atoms with E-state index in [4.69, 9.17) is 4.74 Å². The first-order chi connectivity index (χ1) is 14.2. The van der Waals surface area contributed by atoms with Crippen molar-refractivity contribution < 1.29 is 9.53 Å². The van der Waals surface area contributed by atoms with Crippen LogP contribution in [0.2, 0.25) is 0 Å². The Morgan fingerprint density at radius 2 is 1.34 bits per heavy atom. The van der Waals surface area contributed by atoms with Gasteiger partial charge in [-0.15, -0.1) is 11.8 Å². The van der Waals surface area contributed by atoms with Crippen molar-refractivity contribution in [2.45, 2.75) is 128 Å². The number of thioether (sulfide) groups is 1. The van der Waals surface area contributed by atoms with E-state index in [-0.39, 0.29) is 12.1 Å². The van der Waals surface area contributed by atoms with Gasteiger partial charge >= 0.3 is 5.97 Å². The molecule has 29 heavy (non-hydrogen) atoms. The Hall–Kier alpha value is -0.220. The zero-order chi connectivity index (χ0) is 21.2. The first-order valence-corrected chi connectivity index (χ1v) is 13.7. The molecule has 3 nitrogen and oxygen atoms in total. The standard InChI is InChI=1S/C25H49NO2S/c1-4-6-8-10-11-13-15-17-23(16-14-12-9-7-5-2)28-25(27)22-29-24-18-20-26(3)21-19-24/h23-24H,4-22H2,1-3H3. The maximum Gasteiger partial charge on any atom is 0.316 e. The number of piperidine rings is 1. The third-order valence-electron chi connectivity index (χ3n) is 6.16. The van der Waals surface area contributed by atoms with E-state index >= 15 is 0 Å². The van der Waals surface area contributed by atoms with Crippen molar-refractivity contribution in [2.24, 2.45) is 0 Å². The van der Waals surface area contributed by atoms with Crippen molar-refractivity contribution in [3.63, 3.8) is 0 Å². The van der Waals surface area contributed by atoms with Crippen molar-refractivity contribution in [3.8, 4) is 0 Å². The highest BCUT2D eigenvalue weighted by Crippen LogP contribution is 2.24. The molecule has 1 rings (SSSR count). The third-order valence-corrected chi connectivity index (χ3v) is 7.51. The van der Waals surface area contributed by atoms with Gasteiger partial charge in [-0.2, -0.15) is 0 Å². The third kappa shape index (κ3) is 15.3. The van der Waals surface area contributed by atoms with Gasteiger partial charge in [0.2, 0.25) is 0 Å². The fourth-order valence-corrected chi connectivity index (χ4v) is 5.11. The van der Waals surface area contributed by atoms with Gasteiger partial charge < -0.3 is 9.64 Å². The molecule has 1 fully saturated rings. The Morgan fingerprint density at radius 3 is 1.86 bits per heavy atom. The van der Waals surface area contributed by atoms with Gasteiger partial charge in [0, 0.05) is 5.25 Å². The molecule has 1 saturated heterocycles. The number of ether oxygens (including phenoxy) is 1. The summed E-state index contributed by atoms with van der Waals surface area (Å²) < 4.78 is 5.94. The van der Waals surface area contributed by atoms with Gasteiger partial charge in [-0.1, -0.05) is 78.1 Å². The van der Waals surface area contributed by atoms with E-state index in [0.29, 0.717) is 11.0 Å². The minimum atomic E-state index is 0.0235. The van der Waals surface area contributed by atoms with Crippen molar-refractivity contribution >= 4 is 17.7 Å². The lowest BCUT2D eigenvalue weighted by Gasteiger charge is -2.28. The van der Waals surface area contributed by atoms with E-state index in [1.165, 1.54) is 89.9 Å². The van der Waals surface area contributed by atoms with Crippen LogP contribution < -0.4 is 0 Å².